The number of anilines is 2. The molecule has 4 heteroatoms. The van der Waals surface area contributed by atoms with Crippen LogP contribution in [0.5, 0.6) is 5.88 Å². The molecule has 94 valence electrons. The summed E-state index contributed by atoms with van der Waals surface area (Å²) in [5.41, 5.74) is 6.39. The highest BCUT2D eigenvalue weighted by molar-refractivity contribution is 5.55. The molecule has 1 fully saturated rings. The number of aromatic nitrogens is 1. The monoisotopic (exact) mass is 235 g/mol. The molecule has 0 saturated carbocycles. The van der Waals surface area contributed by atoms with Gasteiger partial charge in [-0.15, -0.1) is 0 Å². The smallest absolute Gasteiger partial charge is 0.238 e. The minimum Gasteiger partial charge on any atom is -0.479 e. The van der Waals surface area contributed by atoms with Crippen LogP contribution in [0.25, 0.3) is 0 Å². The first kappa shape index (κ1) is 12.0. The minimum atomic E-state index is 0.530. The summed E-state index contributed by atoms with van der Waals surface area (Å²) in [6.45, 7) is 3.32. The lowest BCUT2D eigenvalue weighted by Crippen LogP contribution is -2.39. The van der Waals surface area contributed by atoms with E-state index in [2.05, 4.69) is 16.8 Å². The molecule has 0 aromatic carbocycles. The first-order valence-electron chi connectivity index (χ1n) is 6.33. The van der Waals surface area contributed by atoms with Crippen LogP contribution in [0.4, 0.5) is 11.5 Å². The van der Waals surface area contributed by atoms with E-state index in [4.69, 9.17) is 10.5 Å². The van der Waals surface area contributed by atoms with Gasteiger partial charge in [-0.2, -0.15) is 4.98 Å². The Morgan fingerprint density at radius 3 is 3.00 bits per heavy atom. The molecule has 0 amide bonds. The van der Waals surface area contributed by atoms with Crippen LogP contribution >= 0.6 is 0 Å². The van der Waals surface area contributed by atoms with Gasteiger partial charge in [0.05, 0.1) is 12.8 Å². The number of nitrogen functional groups attached to an aromatic ring is 1. The van der Waals surface area contributed by atoms with E-state index in [1.54, 1.807) is 7.11 Å². The highest BCUT2D eigenvalue weighted by atomic mass is 16.5. The lowest BCUT2D eigenvalue weighted by molar-refractivity contribution is 0.396. The van der Waals surface area contributed by atoms with E-state index in [9.17, 15) is 0 Å². The number of nitrogens with zero attached hydrogens (tertiary/aromatic N) is 2. The summed E-state index contributed by atoms with van der Waals surface area (Å²) in [5, 5.41) is 0. The van der Waals surface area contributed by atoms with Crippen molar-refractivity contribution in [3.63, 3.8) is 0 Å². The fourth-order valence-corrected chi connectivity index (χ4v) is 2.49. The molecule has 0 spiro atoms. The Kier molecular flexibility index (Phi) is 3.71. The van der Waals surface area contributed by atoms with E-state index in [1.807, 2.05) is 12.1 Å². The van der Waals surface area contributed by atoms with Crippen molar-refractivity contribution in [3.8, 4) is 5.88 Å². The van der Waals surface area contributed by atoms with Gasteiger partial charge < -0.3 is 15.4 Å². The SMILES string of the molecule is CCC1CCCCN1c1ccc(N)c(OC)n1. The highest BCUT2D eigenvalue weighted by Crippen LogP contribution is 2.28. The second kappa shape index (κ2) is 5.25. The lowest BCUT2D eigenvalue weighted by atomic mass is 10.00. The van der Waals surface area contributed by atoms with Gasteiger partial charge in [0.15, 0.2) is 0 Å². The van der Waals surface area contributed by atoms with Crippen molar-refractivity contribution < 1.29 is 4.74 Å². The number of piperidine rings is 1. The largest absolute Gasteiger partial charge is 0.479 e. The lowest BCUT2D eigenvalue weighted by Gasteiger charge is -2.36. The van der Waals surface area contributed by atoms with Crippen LogP contribution in [0.15, 0.2) is 12.1 Å². The van der Waals surface area contributed by atoms with Crippen molar-refractivity contribution in [1.29, 1.82) is 0 Å². The third-order valence-corrected chi connectivity index (χ3v) is 3.46. The van der Waals surface area contributed by atoms with Crippen LogP contribution in [0, 0.1) is 0 Å². The van der Waals surface area contributed by atoms with Gasteiger partial charge in [-0.3, -0.25) is 0 Å². The molecule has 2 rings (SSSR count). The van der Waals surface area contributed by atoms with Crippen LogP contribution < -0.4 is 15.4 Å². The zero-order valence-electron chi connectivity index (χ0n) is 10.6. The molecule has 1 aliphatic rings. The third-order valence-electron chi connectivity index (χ3n) is 3.46. The van der Waals surface area contributed by atoms with E-state index in [0.717, 1.165) is 18.8 Å². The van der Waals surface area contributed by atoms with Gasteiger partial charge >= 0.3 is 0 Å². The Hall–Kier alpha value is -1.45. The van der Waals surface area contributed by atoms with Crippen molar-refractivity contribution >= 4 is 11.5 Å². The van der Waals surface area contributed by atoms with E-state index < -0.39 is 0 Å². The molecule has 4 nitrogen and oxygen atoms in total. The number of hydrogen-bond donors (Lipinski definition) is 1. The van der Waals surface area contributed by atoms with Crippen molar-refractivity contribution in [2.45, 2.75) is 38.6 Å². The van der Waals surface area contributed by atoms with Gasteiger partial charge in [0, 0.05) is 12.6 Å². The van der Waals surface area contributed by atoms with Crippen molar-refractivity contribution in [1.82, 2.24) is 4.98 Å². The zero-order valence-corrected chi connectivity index (χ0v) is 10.6. The summed E-state index contributed by atoms with van der Waals surface area (Å²) in [5.74, 6) is 1.52. The Bertz CT molecular complexity index is 381. The van der Waals surface area contributed by atoms with Crippen LogP contribution in [0.2, 0.25) is 0 Å². The molecule has 0 aliphatic carbocycles. The van der Waals surface area contributed by atoms with Crippen molar-refractivity contribution in [2.75, 3.05) is 24.3 Å². The van der Waals surface area contributed by atoms with Gasteiger partial charge in [0.2, 0.25) is 5.88 Å². The van der Waals surface area contributed by atoms with Gasteiger partial charge in [-0.05, 0) is 37.8 Å². The van der Waals surface area contributed by atoms with E-state index >= 15 is 0 Å². The van der Waals surface area contributed by atoms with Crippen LogP contribution in [0.3, 0.4) is 0 Å². The van der Waals surface area contributed by atoms with Crippen LogP contribution in [0.1, 0.15) is 32.6 Å². The molecule has 1 aromatic rings. The number of ether oxygens (including phenoxy) is 1. The number of rotatable bonds is 3. The molecule has 1 atom stereocenters. The molecule has 0 bridgehead atoms. The second-order valence-corrected chi connectivity index (χ2v) is 4.52. The number of methoxy groups -OCH3 is 1. The maximum atomic E-state index is 5.79. The number of hydrogen-bond acceptors (Lipinski definition) is 4. The second-order valence-electron chi connectivity index (χ2n) is 4.52. The topological polar surface area (TPSA) is 51.4 Å². The Balaban J connectivity index is 2.25. The Morgan fingerprint density at radius 2 is 2.29 bits per heavy atom. The summed E-state index contributed by atoms with van der Waals surface area (Å²) in [4.78, 5) is 6.87. The Morgan fingerprint density at radius 1 is 1.47 bits per heavy atom. The normalized spacial score (nSPS) is 20.4. The fourth-order valence-electron chi connectivity index (χ4n) is 2.49. The van der Waals surface area contributed by atoms with E-state index in [0.29, 0.717) is 17.6 Å². The zero-order chi connectivity index (χ0) is 12.3. The van der Waals surface area contributed by atoms with Crippen LogP contribution in [-0.4, -0.2) is 24.7 Å². The van der Waals surface area contributed by atoms with Crippen molar-refractivity contribution in [2.24, 2.45) is 0 Å². The number of pyridine rings is 1. The summed E-state index contributed by atoms with van der Waals surface area (Å²) < 4.78 is 5.18. The van der Waals surface area contributed by atoms with Crippen molar-refractivity contribution in [3.05, 3.63) is 12.1 Å². The summed E-state index contributed by atoms with van der Waals surface area (Å²) in [7, 11) is 1.61. The summed E-state index contributed by atoms with van der Waals surface area (Å²) >= 11 is 0. The molecular weight excluding hydrogens is 214 g/mol. The molecule has 0 radical (unpaired) electrons. The standard InChI is InChI=1S/C13H21N3O/c1-3-10-6-4-5-9-16(10)12-8-7-11(14)13(15-12)17-2/h7-8,10H,3-6,9,14H2,1-2H3. The van der Waals surface area contributed by atoms with Gasteiger partial charge in [-0.1, -0.05) is 6.92 Å². The average molecular weight is 235 g/mol. The molecule has 1 unspecified atom stereocenters. The maximum absolute atomic E-state index is 5.79. The fraction of sp³-hybridized carbons (Fsp3) is 0.615. The molecule has 1 aliphatic heterocycles. The predicted molar refractivity (Wildman–Crippen MR) is 70.5 cm³/mol. The first-order chi connectivity index (χ1) is 8.26. The Labute approximate surface area is 103 Å². The molecule has 2 heterocycles. The highest BCUT2D eigenvalue weighted by Gasteiger charge is 2.22. The van der Waals surface area contributed by atoms with E-state index in [1.165, 1.54) is 19.3 Å². The molecule has 1 saturated heterocycles. The number of nitrogens with two attached hydrogens (primary N) is 1. The summed E-state index contributed by atoms with van der Waals surface area (Å²) in [6.07, 6.45) is 4.98. The molecular formula is C13H21N3O. The van der Waals surface area contributed by atoms with Gasteiger partial charge in [-0.25, -0.2) is 0 Å². The first-order valence-corrected chi connectivity index (χ1v) is 6.33. The molecule has 17 heavy (non-hydrogen) atoms. The summed E-state index contributed by atoms with van der Waals surface area (Å²) in [6, 6.07) is 4.47. The molecule has 1 aromatic heterocycles. The minimum absolute atomic E-state index is 0.530. The average Bonchev–Trinajstić information content (AvgIpc) is 2.39. The molecule has 2 N–H and O–H groups in total. The van der Waals surface area contributed by atoms with E-state index in [-0.39, 0.29) is 0 Å². The maximum Gasteiger partial charge on any atom is 0.238 e. The van der Waals surface area contributed by atoms with Gasteiger partial charge in [0.1, 0.15) is 5.82 Å². The third kappa shape index (κ3) is 2.46. The van der Waals surface area contributed by atoms with Crippen LogP contribution in [-0.2, 0) is 0 Å². The van der Waals surface area contributed by atoms with Gasteiger partial charge in [0.25, 0.3) is 0 Å². The predicted octanol–water partition coefficient (Wildman–Crippen LogP) is 2.44. The quantitative estimate of drug-likeness (QED) is 0.874.